The van der Waals surface area contributed by atoms with Crippen LogP contribution in [0.1, 0.15) is 29.8 Å². The molecule has 1 fully saturated rings. The molecule has 10 nitrogen and oxygen atoms in total. The molecule has 0 bridgehead atoms. The topological polar surface area (TPSA) is 107 Å². The zero-order valence-electron chi connectivity index (χ0n) is 20.6. The largest absolute Gasteiger partial charge is 0.486 e. The van der Waals surface area contributed by atoms with Gasteiger partial charge < -0.3 is 19.2 Å². The first-order valence-electron chi connectivity index (χ1n) is 12.8. The smallest absolute Gasteiger partial charge is 0.252 e. The van der Waals surface area contributed by atoms with E-state index in [9.17, 15) is 4.79 Å². The predicted molar refractivity (Wildman–Crippen MR) is 137 cm³/mol. The van der Waals surface area contributed by atoms with Gasteiger partial charge in [-0.25, -0.2) is 4.68 Å². The molecular formula is C27H30N6O4. The summed E-state index contributed by atoms with van der Waals surface area (Å²) in [5.74, 6) is 2.13. The monoisotopic (exact) mass is 502 g/mol. The van der Waals surface area contributed by atoms with E-state index in [2.05, 4.69) is 37.5 Å². The van der Waals surface area contributed by atoms with E-state index in [1.54, 1.807) is 0 Å². The summed E-state index contributed by atoms with van der Waals surface area (Å²) in [6.45, 7) is 4.14. The van der Waals surface area contributed by atoms with Gasteiger partial charge in [0.1, 0.15) is 13.2 Å². The average Bonchev–Trinajstić information content (AvgIpc) is 3.59. The van der Waals surface area contributed by atoms with Crippen LogP contribution >= 0.6 is 0 Å². The Morgan fingerprint density at radius 1 is 1.03 bits per heavy atom. The Kier molecular flexibility index (Phi) is 6.83. The molecule has 0 spiro atoms. The number of tetrazole rings is 1. The molecule has 0 radical (unpaired) electrons. The zero-order valence-corrected chi connectivity index (χ0v) is 20.6. The molecule has 2 aromatic heterocycles. The number of H-pyrrole nitrogens is 1. The molecule has 2 aliphatic rings. The first kappa shape index (κ1) is 23.6. The summed E-state index contributed by atoms with van der Waals surface area (Å²) in [6, 6.07) is 16.0. The van der Waals surface area contributed by atoms with Crippen LogP contribution in [0, 0.1) is 0 Å². The number of nitrogens with zero attached hydrogens (tertiary/aromatic N) is 5. The summed E-state index contributed by atoms with van der Waals surface area (Å²) in [5.41, 5.74) is 2.52. The van der Waals surface area contributed by atoms with E-state index in [0.717, 1.165) is 42.6 Å². The van der Waals surface area contributed by atoms with Gasteiger partial charge in [0.2, 0.25) is 0 Å². The lowest BCUT2D eigenvalue weighted by Gasteiger charge is -2.25. The fraction of sp³-hybridized carbons (Fsp3) is 0.407. The number of benzene rings is 2. The van der Waals surface area contributed by atoms with Gasteiger partial charge in [-0.05, 0) is 47.4 Å². The summed E-state index contributed by atoms with van der Waals surface area (Å²) in [4.78, 5) is 18.3. The molecule has 10 heteroatoms. The number of hydrogen-bond acceptors (Lipinski definition) is 8. The van der Waals surface area contributed by atoms with Crippen molar-refractivity contribution in [2.24, 2.45) is 0 Å². The number of pyridine rings is 1. The van der Waals surface area contributed by atoms with Gasteiger partial charge in [-0.15, -0.1) is 5.10 Å². The van der Waals surface area contributed by atoms with Crippen molar-refractivity contribution in [3.8, 4) is 11.5 Å². The third-order valence-corrected chi connectivity index (χ3v) is 6.89. The van der Waals surface area contributed by atoms with Crippen LogP contribution in [-0.2, 0) is 30.8 Å². The Labute approximate surface area is 214 Å². The highest BCUT2D eigenvalue weighted by Gasteiger charge is 2.23. The summed E-state index contributed by atoms with van der Waals surface area (Å²) in [6.07, 6.45) is 3.03. The third kappa shape index (κ3) is 5.50. The molecule has 1 atom stereocenters. The first-order valence-corrected chi connectivity index (χ1v) is 12.8. The minimum atomic E-state index is -0.120. The van der Waals surface area contributed by atoms with Gasteiger partial charge in [-0.3, -0.25) is 9.69 Å². The Balaban J connectivity index is 1.23. The average molecular weight is 503 g/mol. The molecule has 0 aliphatic carbocycles. The normalized spacial score (nSPS) is 17.1. The third-order valence-electron chi connectivity index (χ3n) is 6.89. The molecular weight excluding hydrogens is 472 g/mol. The van der Waals surface area contributed by atoms with Gasteiger partial charge in [-0.2, -0.15) is 0 Å². The van der Waals surface area contributed by atoms with E-state index in [1.807, 2.05) is 41.1 Å². The number of hydrogen-bond donors (Lipinski definition) is 1. The number of ether oxygens (including phenoxy) is 3. The summed E-state index contributed by atoms with van der Waals surface area (Å²) in [7, 11) is 0. The van der Waals surface area contributed by atoms with E-state index in [1.165, 1.54) is 5.56 Å². The van der Waals surface area contributed by atoms with Gasteiger partial charge in [0.25, 0.3) is 5.56 Å². The van der Waals surface area contributed by atoms with Gasteiger partial charge >= 0.3 is 0 Å². The van der Waals surface area contributed by atoms with Crippen LogP contribution in [0.25, 0.3) is 10.9 Å². The fourth-order valence-corrected chi connectivity index (χ4v) is 5.00. The van der Waals surface area contributed by atoms with E-state index in [4.69, 9.17) is 14.2 Å². The number of rotatable bonds is 9. The zero-order chi connectivity index (χ0) is 25.0. The number of fused-ring (bicyclic) bond motifs is 2. The number of aromatic amines is 1. The molecule has 0 amide bonds. The van der Waals surface area contributed by atoms with E-state index in [-0.39, 0.29) is 11.7 Å². The minimum Gasteiger partial charge on any atom is -0.486 e. The van der Waals surface area contributed by atoms with Crippen molar-refractivity contribution in [1.82, 2.24) is 30.1 Å². The van der Waals surface area contributed by atoms with Crippen molar-refractivity contribution in [2.45, 2.75) is 45.0 Å². The van der Waals surface area contributed by atoms with Gasteiger partial charge in [-0.1, -0.05) is 30.3 Å². The van der Waals surface area contributed by atoms with Crippen molar-refractivity contribution in [2.75, 3.05) is 26.4 Å². The molecule has 0 unspecified atom stereocenters. The van der Waals surface area contributed by atoms with Crippen molar-refractivity contribution < 1.29 is 14.2 Å². The van der Waals surface area contributed by atoms with E-state index in [0.29, 0.717) is 56.5 Å². The summed E-state index contributed by atoms with van der Waals surface area (Å²) < 4.78 is 19.2. The highest BCUT2D eigenvalue weighted by Crippen LogP contribution is 2.33. The van der Waals surface area contributed by atoms with Crippen LogP contribution in [0.15, 0.2) is 53.3 Å². The van der Waals surface area contributed by atoms with E-state index >= 15 is 0 Å². The summed E-state index contributed by atoms with van der Waals surface area (Å²) in [5, 5.41) is 13.4. The van der Waals surface area contributed by atoms with Crippen molar-refractivity contribution in [3.05, 3.63) is 75.8 Å². The Bertz CT molecular complexity index is 1410. The first-order chi connectivity index (χ1) is 18.2. The molecule has 4 aromatic rings. The highest BCUT2D eigenvalue weighted by molar-refractivity contribution is 5.83. The van der Waals surface area contributed by atoms with Crippen LogP contribution in [0.4, 0.5) is 0 Å². The SMILES string of the molecule is O=c1[nH]c2cc3c(cc2cc1CN(Cc1nnnn1CCc1ccccc1)C[C@H]1CCCO1)OCCO3. The molecule has 2 aliphatic heterocycles. The minimum absolute atomic E-state index is 0.120. The highest BCUT2D eigenvalue weighted by atomic mass is 16.6. The molecule has 192 valence electrons. The van der Waals surface area contributed by atoms with Gasteiger partial charge in [0.05, 0.1) is 18.2 Å². The van der Waals surface area contributed by atoms with Crippen LogP contribution in [0.3, 0.4) is 0 Å². The van der Waals surface area contributed by atoms with Crippen molar-refractivity contribution in [3.63, 3.8) is 0 Å². The molecule has 4 heterocycles. The lowest BCUT2D eigenvalue weighted by Crippen LogP contribution is -2.34. The quantitative estimate of drug-likeness (QED) is 0.372. The number of nitrogens with one attached hydrogen (secondary N) is 1. The van der Waals surface area contributed by atoms with Crippen LogP contribution in [0.2, 0.25) is 0 Å². The maximum atomic E-state index is 13.1. The maximum absolute atomic E-state index is 13.1. The molecule has 6 rings (SSSR count). The van der Waals surface area contributed by atoms with Crippen molar-refractivity contribution in [1.29, 1.82) is 0 Å². The van der Waals surface area contributed by atoms with Crippen molar-refractivity contribution >= 4 is 10.9 Å². The van der Waals surface area contributed by atoms with Crippen LogP contribution in [0.5, 0.6) is 11.5 Å². The molecule has 37 heavy (non-hydrogen) atoms. The predicted octanol–water partition coefficient (Wildman–Crippen LogP) is 2.71. The molecule has 1 N–H and O–H groups in total. The Morgan fingerprint density at radius 3 is 2.68 bits per heavy atom. The Hall–Kier alpha value is -3.76. The lowest BCUT2D eigenvalue weighted by molar-refractivity contribution is 0.0663. The lowest BCUT2D eigenvalue weighted by atomic mass is 10.1. The maximum Gasteiger partial charge on any atom is 0.252 e. The van der Waals surface area contributed by atoms with Crippen LogP contribution in [-0.4, -0.2) is 62.6 Å². The number of aryl methyl sites for hydroxylation is 2. The fourth-order valence-electron chi connectivity index (χ4n) is 5.00. The number of aromatic nitrogens is 5. The molecule has 0 saturated carbocycles. The van der Waals surface area contributed by atoms with Gasteiger partial charge in [0.15, 0.2) is 17.3 Å². The Morgan fingerprint density at radius 2 is 1.86 bits per heavy atom. The second-order valence-corrected chi connectivity index (χ2v) is 9.57. The summed E-state index contributed by atoms with van der Waals surface area (Å²) >= 11 is 0. The second-order valence-electron chi connectivity index (χ2n) is 9.57. The second kappa shape index (κ2) is 10.7. The van der Waals surface area contributed by atoms with Gasteiger partial charge in [0, 0.05) is 43.3 Å². The van der Waals surface area contributed by atoms with E-state index < -0.39 is 0 Å². The molecule has 2 aromatic carbocycles. The van der Waals surface area contributed by atoms with Crippen LogP contribution < -0.4 is 15.0 Å². The standard InChI is InChI=1S/C27H30N6O4/c34-27-21(13-20-14-24-25(15-23(20)28-27)37-12-11-36-24)16-32(17-22-7-4-10-35-22)18-26-29-30-31-33(26)9-8-19-5-2-1-3-6-19/h1-3,5-6,13-15,22H,4,7-12,16-18H2,(H,28,34)/t22-/m1/s1. The molecule has 1 saturated heterocycles.